The molecule has 0 heterocycles. The van der Waals surface area contributed by atoms with E-state index < -0.39 is 0 Å². The Bertz CT molecular complexity index is 595. The average molecular weight is 296 g/mol. The largest absolute Gasteiger partial charge is 0.490 e. The van der Waals surface area contributed by atoms with Crippen LogP contribution in [0.1, 0.15) is 37.8 Å². The second kappa shape index (κ2) is 7.69. The molecule has 0 radical (unpaired) electrons. The van der Waals surface area contributed by atoms with E-state index in [4.69, 9.17) is 9.47 Å². The van der Waals surface area contributed by atoms with Gasteiger partial charge in [-0.1, -0.05) is 50.3 Å². The highest BCUT2D eigenvalue weighted by Gasteiger charge is 2.00. The van der Waals surface area contributed by atoms with Gasteiger partial charge in [0, 0.05) is 0 Å². The number of allylic oxidation sites excluding steroid dienone is 1. The van der Waals surface area contributed by atoms with Crippen LogP contribution >= 0.6 is 0 Å². The van der Waals surface area contributed by atoms with Gasteiger partial charge in [0.1, 0.15) is 24.7 Å². The van der Waals surface area contributed by atoms with Gasteiger partial charge in [0.25, 0.3) is 0 Å². The molecular formula is C20H24O2. The third kappa shape index (κ3) is 4.66. The normalized spacial score (nSPS) is 10.5. The van der Waals surface area contributed by atoms with E-state index in [2.05, 4.69) is 32.6 Å². The molecule has 0 aromatic heterocycles. The van der Waals surface area contributed by atoms with Crippen molar-refractivity contribution in [3.8, 4) is 11.5 Å². The molecule has 2 nitrogen and oxygen atoms in total. The highest BCUT2D eigenvalue weighted by molar-refractivity contribution is 5.61. The van der Waals surface area contributed by atoms with Crippen molar-refractivity contribution in [2.75, 3.05) is 13.2 Å². The lowest BCUT2D eigenvalue weighted by molar-refractivity contribution is 0.217. The van der Waals surface area contributed by atoms with Crippen molar-refractivity contribution in [1.29, 1.82) is 0 Å². The van der Waals surface area contributed by atoms with Crippen LogP contribution in [0.4, 0.5) is 0 Å². The Morgan fingerprint density at radius 2 is 1.32 bits per heavy atom. The van der Waals surface area contributed by atoms with Crippen molar-refractivity contribution in [2.45, 2.75) is 26.7 Å². The molecule has 0 fully saturated rings. The third-order valence-corrected chi connectivity index (χ3v) is 3.51. The van der Waals surface area contributed by atoms with Crippen LogP contribution in [0.15, 0.2) is 55.1 Å². The Kier molecular flexibility index (Phi) is 5.65. The summed E-state index contributed by atoms with van der Waals surface area (Å²) in [5.74, 6) is 2.27. The van der Waals surface area contributed by atoms with Crippen LogP contribution in [-0.4, -0.2) is 13.2 Å². The number of ether oxygens (including phenoxy) is 2. The zero-order chi connectivity index (χ0) is 15.9. The molecular weight excluding hydrogens is 272 g/mol. The van der Waals surface area contributed by atoms with Crippen molar-refractivity contribution in [3.63, 3.8) is 0 Å². The molecule has 0 amide bonds. The zero-order valence-corrected chi connectivity index (χ0v) is 13.6. The van der Waals surface area contributed by atoms with Crippen molar-refractivity contribution in [1.82, 2.24) is 0 Å². The first-order chi connectivity index (χ1) is 10.6. The Hall–Kier alpha value is -2.22. The minimum absolute atomic E-state index is 0.526. The molecule has 0 aliphatic heterocycles. The Morgan fingerprint density at radius 1 is 0.864 bits per heavy atom. The lowest BCUT2D eigenvalue weighted by atomic mass is 10.0. The van der Waals surface area contributed by atoms with Crippen LogP contribution in [0.25, 0.3) is 5.57 Å². The van der Waals surface area contributed by atoms with E-state index in [1.165, 1.54) is 5.56 Å². The topological polar surface area (TPSA) is 18.5 Å². The van der Waals surface area contributed by atoms with E-state index in [-0.39, 0.29) is 0 Å². The lowest BCUT2D eigenvalue weighted by Crippen LogP contribution is -2.09. The standard InChI is InChI=1S/C20H24O2/c1-15(2)17-5-9-19(10-6-17)21-13-14-22-20-11-7-18(8-12-20)16(3)4/h5-12,16H,1,13-14H2,2-4H3. The fraction of sp³-hybridized carbons (Fsp3) is 0.300. The van der Waals surface area contributed by atoms with Gasteiger partial charge in [0.05, 0.1) is 0 Å². The van der Waals surface area contributed by atoms with Crippen LogP contribution in [-0.2, 0) is 0 Å². The molecule has 0 aliphatic carbocycles. The van der Waals surface area contributed by atoms with Crippen LogP contribution in [0.3, 0.4) is 0 Å². The average Bonchev–Trinajstić information content (AvgIpc) is 2.52. The zero-order valence-electron chi connectivity index (χ0n) is 13.6. The molecule has 0 atom stereocenters. The quantitative estimate of drug-likeness (QED) is 0.645. The van der Waals surface area contributed by atoms with E-state index in [9.17, 15) is 0 Å². The molecule has 2 aromatic carbocycles. The maximum absolute atomic E-state index is 5.69. The van der Waals surface area contributed by atoms with Crippen molar-refractivity contribution in [3.05, 3.63) is 66.2 Å². The van der Waals surface area contributed by atoms with Gasteiger partial charge in [-0.05, 0) is 48.2 Å². The predicted molar refractivity (Wildman–Crippen MR) is 92.7 cm³/mol. The van der Waals surface area contributed by atoms with Gasteiger partial charge in [-0.3, -0.25) is 0 Å². The summed E-state index contributed by atoms with van der Waals surface area (Å²) < 4.78 is 11.4. The molecule has 0 N–H and O–H groups in total. The molecule has 22 heavy (non-hydrogen) atoms. The van der Waals surface area contributed by atoms with Crippen LogP contribution in [0.2, 0.25) is 0 Å². The second-order valence-corrected chi connectivity index (χ2v) is 5.73. The number of rotatable bonds is 7. The van der Waals surface area contributed by atoms with E-state index in [1.54, 1.807) is 0 Å². The molecule has 0 saturated carbocycles. The summed E-state index contributed by atoms with van der Waals surface area (Å²) in [6.45, 7) is 11.3. The van der Waals surface area contributed by atoms with Crippen LogP contribution in [0, 0.1) is 0 Å². The number of benzene rings is 2. The number of hydrogen-bond donors (Lipinski definition) is 0. The van der Waals surface area contributed by atoms with Crippen LogP contribution in [0.5, 0.6) is 11.5 Å². The maximum atomic E-state index is 5.69. The monoisotopic (exact) mass is 296 g/mol. The van der Waals surface area contributed by atoms with E-state index in [0.29, 0.717) is 19.1 Å². The maximum Gasteiger partial charge on any atom is 0.122 e. The van der Waals surface area contributed by atoms with Crippen LogP contribution < -0.4 is 9.47 Å². The summed E-state index contributed by atoms with van der Waals surface area (Å²) in [6, 6.07) is 16.2. The predicted octanol–water partition coefficient (Wildman–Crippen LogP) is 5.30. The van der Waals surface area contributed by atoms with Crippen molar-refractivity contribution < 1.29 is 9.47 Å². The Balaban J connectivity index is 1.75. The summed E-state index contributed by atoms with van der Waals surface area (Å²) in [5, 5.41) is 0. The molecule has 0 saturated heterocycles. The highest BCUT2D eigenvalue weighted by atomic mass is 16.5. The molecule has 2 aromatic rings. The molecule has 2 heteroatoms. The van der Waals surface area contributed by atoms with Gasteiger partial charge in [0.2, 0.25) is 0 Å². The first-order valence-corrected chi connectivity index (χ1v) is 7.68. The highest BCUT2D eigenvalue weighted by Crippen LogP contribution is 2.19. The smallest absolute Gasteiger partial charge is 0.122 e. The van der Waals surface area contributed by atoms with E-state index in [0.717, 1.165) is 22.6 Å². The summed E-state index contributed by atoms with van der Waals surface area (Å²) >= 11 is 0. The lowest BCUT2D eigenvalue weighted by Gasteiger charge is -2.10. The van der Waals surface area contributed by atoms with Gasteiger partial charge in [-0.2, -0.15) is 0 Å². The first kappa shape index (κ1) is 16.2. The molecule has 0 unspecified atom stereocenters. The minimum atomic E-state index is 0.526. The molecule has 0 spiro atoms. The van der Waals surface area contributed by atoms with Gasteiger partial charge in [-0.25, -0.2) is 0 Å². The van der Waals surface area contributed by atoms with Gasteiger partial charge < -0.3 is 9.47 Å². The minimum Gasteiger partial charge on any atom is -0.490 e. The summed E-state index contributed by atoms with van der Waals surface area (Å²) in [6.07, 6.45) is 0. The summed E-state index contributed by atoms with van der Waals surface area (Å²) in [7, 11) is 0. The fourth-order valence-electron chi connectivity index (χ4n) is 2.10. The molecule has 2 rings (SSSR count). The second-order valence-electron chi connectivity index (χ2n) is 5.73. The first-order valence-electron chi connectivity index (χ1n) is 7.68. The number of hydrogen-bond acceptors (Lipinski definition) is 2. The summed E-state index contributed by atoms with van der Waals surface area (Å²) in [4.78, 5) is 0. The Labute approximate surface area is 133 Å². The van der Waals surface area contributed by atoms with Crippen molar-refractivity contribution in [2.24, 2.45) is 0 Å². The summed E-state index contributed by atoms with van der Waals surface area (Å²) in [5.41, 5.74) is 3.51. The third-order valence-electron chi connectivity index (χ3n) is 3.51. The van der Waals surface area contributed by atoms with E-state index >= 15 is 0 Å². The van der Waals surface area contributed by atoms with Gasteiger partial charge in [-0.15, -0.1) is 0 Å². The molecule has 0 aliphatic rings. The Morgan fingerprint density at radius 3 is 1.73 bits per heavy atom. The van der Waals surface area contributed by atoms with Crippen molar-refractivity contribution >= 4 is 5.57 Å². The van der Waals surface area contributed by atoms with Gasteiger partial charge in [0.15, 0.2) is 0 Å². The molecule has 0 bridgehead atoms. The van der Waals surface area contributed by atoms with E-state index in [1.807, 2.05) is 43.3 Å². The molecule has 116 valence electrons. The fourth-order valence-corrected chi connectivity index (χ4v) is 2.10. The van der Waals surface area contributed by atoms with Gasteiger partial charge >= 0.3 is 0 Å². The SMILES string of the molecule is C=C(C)c1ccc(OCCOc2ccc(C(C)C)cc2)cc1.